The lowest BCUT2D eigenvalue weighted by atomic mass is 9.86. The summed E-state index contributed by atoms with van der Waals surface area (Å²) in [4.78, 5) is 0. The molecule has 0 rings (SSSR count). The van der Waals surface area contributed by atoms with Crippen LogP contribution in [-0.4, -0.2) is 23.4 Å². The van der Waals surface area contributed by atoms with Crippen molar-refractivity contribution in [2.45, 2.75) is 72.0 Å². The van der Waals surface area contributed by atoms with Gasteiger partial charge >= 0.3 is 0 Å². The molecule has 0 spiro atoms. The van der Waals surface area contributed by atoms with Crippen molar-refractivity contribution in [3.05, 3.63) is 0 Å². The van der Waals surface area contributed by atoms with Gasteiger partial charge in [0.1, 0.15) is 0 Å². The Bertz CT molecular complexity index is 151. The Labute approximate surface area is 95.0 Å². The third-order valence-corrected chi connectivity index (χ3v) is 3.25. The van der Waals surface area contributed by atoms with Crippen LogP contribution in [0, 0.1) is 5.92 Å². The number of hydrogen-bond donors (Lipinski definition) is 1. The molecule has 15 heavy (non-hydrogen) atoms. The Hall–Kier alpha value is -0.0800. The molecule has 0 radical (unpaired) electrons. The van der Waals surface area contributed by atoms with E-state index in [0.29, 0.717) is 12.5 Å². The third-order valence-electron chi connectivity index (χ3n) is 3.25. The topological polar surface area (TPSA) is 29.5 Å². The van der Waals surface area contributed by atoms with Crippen molar-refractivity contribution < 1.29 is 9.84 Å². The highest BCUT2D eigenvalue weighted by atomic mass is 16.5. The summed E-state index contributed by atoms with van der Waals surface area (Å²) in [6.07, 6.45) is 3.36. The summed E-state index contributed by atoms with van der Waals surface area (Å²) in [5.74, 6) is 0.646. The Morgan fingerprint density at radius 2 is 1.60 bits per heavy atom. The molecule has 0 aliphatic heterocycles. The molecule has 1 unspecified atom stereocenters. The molecular formula is C13H28O2. The van der Waals surface area contributed by atoms with E-state index in [2.05, 4.69) is 27.7 Å². The molecule has 1 N–H and O–H groups in total. The lowest BCUT2D eigenvalue weighted by molar-refractivity contribution is -0.128. The first-order valence-corrected chi connectivity index (χ1v) is 6.34. The van der Waals surface area contributed by atoms with Gasteiger partial charge in [-0.05, 0) is 38.5 Å². The second kappa shape index (κ2) is 7.24. The maximum atomic E-state index is 10.2. The van der Waals surface area contributed by atoms with E-state index in [1.807, 2.05) is 6.92 Å². The molecule has 2 heteroatoms. The third kappa shape index (κ3) is 4.52. The number of ether oxygens (including phenoxy) is 1. The van der Waals surface area contributed by atoms with Crippen LogP contribution in [0.5, 0.6) is 0 Å². The van der Waals surface area contributed by atoms with Gasteiger partial charge in [-0.15, -0.1) is 0 Å². The van der Waals surface area contributed by atoms with Crippen LogP contribution in [0.3, 0.4) is 0 Å². The van der Waals surface area contributed by atoms with Gasteiger partial charge in [-0.25, -0.2) is 0 Å². The summed E-state index contributed by atoms with van der Waals surface area (Å²) in [5, 5.41) is 10.2. The van der Waals surface area contributed by atoms with Gasteiger partial charge in [0.25, 0.3) is 0 Å². The first-order chi connectivity index (χ1) is 7.02. The van der Waals surface area contributed by atoms with Gasteiger partial charge in [-0.2, -0.15) is 0 Å². The summed E-state index contributed by atoms with van der Waals surface area (Å²) >= 11 is 0. The maximum Gasteiger partial charge on any atom is 0.0934 e. The fourth-order valence-corrected chi connectivity index (χ4v) is 2.06. The Kier molecular flexibility index (Phi) is 7.20. The molecule has 0 heterocycles. The standard InChI is InChI=1S/C13H28O2/c1-6-13(7-2,15-8-3)12(14)10-9-11(4)5/h11-12,14H,6-10H2,1-5H3. The molecule has 0 aromatic rings. The Balaban J connectivity index is 4.32. The fraction of sp³-hybridized carbons (Fsp3) is 1.00. The highest BCUT2D eigenvalue weighted by molar-refractivity contribution is 4.86. The Morgan fingerprint density at radius 1 is 1.07 bits per heavy atom. The smallest absolute Gasteiger partial charge is 0.0934 e. The molecule has 0 saturated heterocycles. The quantitative estimate of drug-likeness (QED) is 0.674. The summed E-state index contributed by atoms with van der Waals surface area (Å²) < 4.78 is 5.77. The van der Waals surface area contributed by atoms with Crippen molar-refractivity contribution in [2.75, 3.05) is 6.61 Å². The van der Waals surface area contributed by atoms with Crippen LogP contribution >= 0.6 is 0 Å². The van der Waals surface area contributed by atoms with Crippen molar-refractivity contribution in [3.8, 4) is 0 Å². The Morgan fingerprint density at radius 3 is 1.93 bits per heavy atom. The monoisotopic (exact) mass is 216 g/mol. The molecule has 0 saturated carbocycles. The lowest BCUT2D eigenvalue weighted by Crippen LogP contribution is -2.44. The average Bonchev–Trinajstić information content (AvgIpc) is 2.22. The van der Waals surface area contributed by atoms with E-state index >= 15 is 0 Å². The minimum Gasteiger partial charge on any atom is -0.390 e. The molecule has 92 valence electrons. The molecular weight excluding hydrogens is 188 g/mol. The summed E-state index contributed by atoms with van der Waals surface area (Å²) in [7, 11) is 0. The van der Waals surface area contributed by atoms with Gasteiger partial charge in [0.05, 0.1) is 11.7 Å². The van der Waals surface area contributed by atoms with E-state index in [1.165, 1.54) is 0 Å². The van der Waals surface area contributed by atoms with Crippen molar-refractivity contribution in [1.29, 1.82) is 0 Å². The van der Waals surface area contributed by atoms with Crippen LogP contribution in [0.4, 0.5) is 0 Å². The molecule has 0 aliphatic rings. The first kappa shape index (κ1) is 14.9. The van der Waals surface area contributed by atoms with Crippen LogP contribution in [0.15, 0.2) is 0 Å². The van der Waals surface area contributed by atoms with Crippen molar-refractivity contribution in [2.24, 2.45) is 5.92 Å². The molecule has 0 amide bonds. The van der Waals surface area contributed by atoms with E-state index in [0.717, 1.165) is 25.7 Å². The lowest BCUT2D eigenvalue weighted by Gasteiger charge is -2.36. The zero-order valence-electron chi connectivity index (χ0n) is 11.0. The number of aliphatic hydroxyl groups excluding tert-OH is 1. The van der Waals surface area contributed by atoms with Crippen molar-refractivity contribution >= 4 is 0 Å². The van der Waals surface area contributed by atoms with Crippen molar-refractivity contribution in [1.82, 2.24) is 0 Å². The number of aliphatic hydroxyl groups is 1. The van der Waals surface area contributed by atoms with Crippen LogP contribution < -0.4 is 0 Å². The molecule has 2 nitrogen and oxygen atoms in total. The van der Waals surface area contributed by atoms with E-state index in [4.69, 9.17) is 4.74 Å². The zero-order valence-corrected chi connectivity index (χ0v) is 11.0. The molecule has 0 aromatic heterocycles. The minimum absolute atomic E-state index is 0.316. The average molecular weight is 216 g/mol. The molecule has 0 aromatic carbocycles. The predicted octanol–water partition coefficient (Wildman–Crippen LogP) is 3.38. The highest BCUT2D eigenvalue weighted by Crippen LogP contribution is 2.28. The van der Waals surface area contributed by atoms with Gasteiger partial charge < -0.3 is 9.84 Å². The molecule has 0 bridgehead atoms. The maximum absolute atomic E-state index is 10.2. The highest BCUT2D eigenvalue weighted by Gasteiger charge is 2.34. The SMILES string of the molecule is CCOC(CC)(CC)C(O)CCC(C)C. The van der Waals surface area contributed by atoms with Gasteiger partial charge in [0.2, 0.25) is 0 Å². The van der Waals surface area contributed by atoms with Crippen LogP contribution in [0.2, 0.25) is 0 Å². The van der Waals surface area contributed by atoms with E-state index in [1.54, 1.807) is 0 Å². The van der Waals surface area contributed by atoms with Gasteiger partial charge in [-0.1, -0.05) is 27.7 Å². The fourth-order valence-electron chi connectivity index (χ4n) is 2.06. The van der Waals surface area contributed by atoms with E-state index in [9.17, 15) is 5.11 Å². The molecule has 0 aliphatic carbocycles. The summed E-state index contributed by atoms with van der Waals surface area (Å²) in [6, 6.07) is 0. The summed E-state index contributed by atoms with van der Waals surface area (Å²) in [5.41, 5.74) is -0.316. The minimum atomic E-state index is -0.324. The van der Waals surface area contributed by atoms with Crippen LogP contribution in [0.25, 0.3) is 0 Å². The zero-order chi connectivity index (χ0) is 11.9. The van der Waals surface area contributed by atoms with Gasteiger partial charge in [-0.3, -0.25) is 0 Å². The van der Waals surface area contributed by atoms with Gasteiger partial charge in [0, 0.05) is 6.61 Å². The second-order valence-electron chi connectivity index (χ2n) is 4.69. The number of rotatable bonds is 8. The van der Waals surface area contributed by atoms with Crippen molar-refractivity contribution in [3.63, 3.8) is 0 Å². The molecule has 1 atom stereocenters. The van der Waals surface area contributed by atoms with Crippen LogP contribution in [-0.2, 0) is 4.74 Å². The molecule has 0 fully saturated rings. The first-order valence-electron chi connectivity index (χ1n) is 6.34. The van der Waals surface area contributed by atoms with E-state index < -0.39 is 0 Å². The normalized spacial score (nSPS) is 14.6. The second-order valence-corrected chi connectivity index (χ2v) is 4.69. The largest absolute Gasteiger partial charge is 0.390 e. The van der Waals surface area contributed by atoms with Crippen LogP contribution in [0.1, 0.15) is 60.3 Å². The summed E-state index contributed by atoms with van der Waals surface area (Å²) in [6.45, 7) is 11.2. The van der Waals surface area contributed by atoms with Gasteiger partial charge in [0.15, 0.2) is 0 Å². The van der Waals surface area contributed by atoms with E-state index in [-0.39, 0.29) is 11.7 Å². The number of hydrogen-bond acceptors (Lipinski definition) is 2. The predicted molar refractivity (Wildman–Crippen MR) is 65.0 cm³/mol.